The van der Waals surface area contributed by atoms with E-state index in [0.29, 0.717) is 5.56 Å². The van der Waals surface area contributed by atoms with Gasteiger partial charge in [-0.15, -0.1) is 0 Å². The number of hydrogen-bond donors (Lipinski definition) is 0. The second kappa shape index (κ2) is 6.44. The zero-order chi connectivity index (χ0) is 15.4. The van der Waals surface area contributed by atoms with E-state index in [0.717, 1.165) is 16.9 Å². The Balaban J connectivity index is 2.23. The van der Waals surface area contributed by atoms with Crippen molar-refractivity contribution in [3.8, 4) is 5.75 Å². The number of methoxy groups -OCH3 is 1. The van der Waals surface area contributed by atoms with E-state index in [1.54, 1.807) is 18.1 Å². The van der Waals surface area contributed by atoms with Gasteiger partial charge in [0.15, 0.2) is 0 Å². The van der Waals surface area contributed by atoms with E-state index >= 15 is 0 Å². The van der Waals surface area contributed by atoms with Crippen molar-refractivity contribution in [3.05, 3.63) is 65.2 Å². The van der Waals surface area contributed by atoms with E-state index in [9.17, 15) is 4.79 Å². The summed E-state index contributed by atoms with van der Waals surface area (Å²) in [6.45, 7) is 3.99. The minimum absolute atomic E-state index is 0.00958. The lowest BCUT2D eigenvalue weighted by atomic mass is 10.1. The highest BCUT2D eigenvalue weighted by atomic mass is 16.5. The van der Waals surface area contributed by atoms with Gasteiger partial charge < -0.3 is 9.64 Å². The molecular weight excluding hydrogens is 262 g/mol. The summed E-state index contributed by atoms with van der Waals surface area (Å²) in [4.78, 5) is 14.4. The Morgan fingerprint density at radius 1 is 1.14 bits per heavy atom. The predicted molar refractivity (Wildman–Crippen MR) is 84.7 cm³/mol. The highest BCUT2D eigenvalue weighted by molar-refractivity contribution is 5.94. The first-order valence-corrected chi connectivity index (χ1v) is 7.01. The molecule has 0 aliphatic carbocycles. The van der Waals surface area contributed by atoms with Crippen molar-refractivity contribution in [1.29, 1.82) is 0 Å². The van der Waals surface area contributed by atoms with Crippen molar-refractivity contribution in [2.75, 3.05) is 14.2 Å². The summed E-state index contributed by atoms with van der Waals surface area (Å²) in [6, 6.07) is 15.6. The molecule has 3 nitrogen and oxygen atoms in total. The van der Waals surface area contributed by atoms with Gasteiger partial charge in [-0.3, -0.25) is 4.79 Å². The van der Waals surface area contributed by atoms with Gasteiger partial charge in [-0.25, -0.2) is 0 Å². The average molecular weight is 283 g/mol. The Morgan fingerprint density at radius 2 is 1.81 bits per heavy atom. The van der Waals surface area contributed by atoms with Crippen LogP contribution in [0.15, 0.2) is 48.5 Å². The zero-order valence-electron chi connectivity index (χ0n) is 13.0. The Kier molecular flexibility index (Phi) is 4.63. The van der Waals surface area contributed by atoms with Crippen LogP contribution >= 0.6 is 0 Å². The topological polar surface area (TPSA) is 29.5 Å². The molecule has 110 valence electrons. The van der Waals surface area contributed by atoms with E-state index in [1.165, 1.54) is 0 Å². The quantitative estimate of drug-likeness (QED) is 0.853. The molecule has 1 amide bonds. The molecule has 0 aromatic heterocycles. The Bertz CT molecular complexity index is 622. The van der Waals surface area contributed by atoms with Gasteiger partial charge in [0, 0.05) is 12.6 Å². The number of rotatable bonds is 4. The first-order valence-electron chi connectivity index (χ1n) is 7.01. The molecule has 0 fully saturated rings. The number of carbonyl (C=O) groups excluding carboxylic acids is 1. The largest absolute Gasteiger partial charge is 0.496 e. The van der Waals surface area contributed by atoms with Crippen LogP contribution in [0.2, 0.25) is 0 Å². The third kappa shape index (κ3) is 3.24. The summed E-state index contributed by atoms with van der Waals surface area (Å²) >= 11 is 0. The summed E-state index contributed by atoms with van der Waals surface area (Å²) in [5, 5.41) is 0. The van der Waals surface area contributed by atoms with Crippen molar-refractivity contribution >= 4 is 5.91 Å². The normalized spacial score (nSPS) is 11.8. The second-order valence-electron chi connectivity index (χ2n) is 5.19. The fraction of sp³-hybridized carbons (Fsp3) is 0.278. The van der Waals surface area contributed by atoms with Crippen LogP contribution in [0.5, 0.6) is 5.75 Å². The van der Waals surface area contributed by atoms with Gasteiger partial charge >= 0.3 is 0 Å². The van der Waals surface area contributed by atoms with Gasteiger partial charge in [0.25, 0.3) is 5.91 Å². The number of carbonyl (C=O) groups is 1. The molecule has 1 unspecified atom stereocenters. The Morgan fingerprint density at radius 3 is 2.43 bits per heavy atom. The number of amides is 1. The Hall–Kier alpha value is -2.29. The lowest BCUT2D eigenvalue weighted by molar-refractivity contribution is 0.0742. The van der Waals surface area contributed by atoms with Crippen LogP contribution in [0.3, 0.4) is 0 Å². The van der Waals surface area contributed by atoms with Crippen LogP contribution < -0.4 is 4.74 Å². The summed E-state index contributed by atoms with van der Waals surface area (Å²) in [6.07, 6.45) is 0. The third-order valence-corrected chi connectivity index (χ3v) is 3.84. The fourth-order valence-electron chi connectivity index (χ4n) is 2.29. The molecular formula is C18H21NO2. The lowest BCUT2D eigenvalue weighted by Crippen LogP contribution is -2.29. The highest BCUT2D eigenvalue weighted by Gasteiger charge is 2.19. The van der Waals surface area contributed by atoms with Crippen LogP contribution in [0.4, 0.5) is 0 Å². The van der Waals surface area contributed by atoms with E-state index < -0.39 is 0 Å². The zero-order valence-corrected chi connectivity index (χ0v) is 13.0. The van der Waals surface area contributed by atoms with E-state index in [2.05, 4.69) is 0 Å². The SMILES string of the molecule is COc1cc(C(=O)N(C)C(C)c2ccccc2)ccc1C. The first-order chi connectivity index (χ1) is 10.0. The molecule has 0 aliphatic heterocycles. The number of hydrogen-bond acceptors (Lipinski definition) is 2. The maximum absolute atomic E-state index is 12.6. The average Bonchev–Trinajstić information content (AvgIpc) is 2.54. The van der Waals surface area contributed by atoms with Crippen LogP contribution in [0, 0.1) is 6.92 Å². The summed E-state index contributed by atoms with van der Waals surface area (Å²) in [5.41, 5.74) is 2.78. The number of ether oxygens (including phenoxy) is 1. The molecule has 0 bridgehead atoms. The van der Waals surface area contributed by atoms with Gasteiger partial charge in [-0.05, 0) is 37.1 Å². The molecule has 3 heteroatoms. The third-order valence-electron chi connectivity index (χ3n) is 3.84. The van der Waals surface area contributed by atoms with Crippen molar-refractivity contribution in [1.82, 2.24) is 4.90 Å². The highest BCUT2D eigenvalue weighted by Crippen LogP contribution is 2.23. The minimum atomic E-state index is -0.00958. The molecule has 0 radical (unpaired) electrons. The van der Waals surface area contributed by atoms with Gasteiger partial charge in [-0.1, -0.05) is 36.4 Å². The molecule has 0 spiro atoms. The van der Waals surface area contributed by atoms with E-state index in [4.69, 9.17) is 4.74 Å². The summed E-state index contributed by atoms with van der Waals surface area (Å²) < 4.78 is 5.29. The maximum Gasteiger partial charge on any atom is 0.254 e. The summed E-state index contributed by atoms with van der Waals surface area (Å²) in [5.74, 6) is 0.728. The molecule has 2 aromatic rings. The van der Waals surface area contributed by atoms with Gasteiger partial charge in [0.2, 0.25) is 0 Å². The number of aryl methyl sites for hydroxylation is 1. The second-order valence-corrected chi connectivity index (χ2v) is 5.19. The monoisotopic (exact) mass is 283 g/mol. The molecule has 2 rings (SSSR count). The summed E-state index contributed by atoms with van der Waals surface area (Å²) in [7, 11) is 3.44. The maximum atomic E-state index is 12.6. The standard InChI is InChI=1S/C18H21NO2/c1-13-10-11-16(12-17(13)21-4)18(20)19(3)14(2)15-8-6-5-7-9-15/h5-12,14H,1-4H3. The molecule has 0 saturated carbocycles. The van der Waals surface area contributed by atoms with Crippen LogP contribution in [-0.2, 0) is 0 Å². The van der Waals surface area contributed by atoms with Gasteiger partial charge in [0.05, 0.1) is 13.2 Å². The fourth-order valence-corrected chi connectivity index (χ4v) is 2.29. The Labute approximate surface area is 126 Å². The smallest absolute Gasteiger partial charge is 0.254 e. The van der Waals surface area contributed by atoms with Crippen molar-refractivity contribution in [2.24, 2.45) is 0 Å². The van der Waals surface area contributed by atoms with E-state index in [-0.39, 0.29) is 11.9 Å². The first kappa shape index (κ1) is 15.1. The van der Waals surface area contributed by atoms with Crippen LogP contribution in [0.1, 0.15) is 34.5 Å². The van der Waals surface area contributed by atoms with Crippen molar-refractivity contribution in [3.63, 3.8) is 0 Å². The van der Waals surface area contributed by atoms with Crippen molar-refractivity contribution in [2.45, 2.75) is 19.9 Å². The lowest BCUT2D eigenvalue weighted by Gasteiger charge is -2.25. The van der Waals surface area contributed by atoms with Crippen LogP contribution in [-0.4, -0.2) is 25.0 Å². The molecule has 2 aromatic carbocycles. The molecule has 0 N–H and O–H groups in total. The van der Waals surface area contributed by atoms with Gasteiger partial charge in [0.1, 0.15) is 5.75 Å². The van der Waals surface area contributed by atoms with Crippen molar-refractivity contribution < 1.29 is 9.53 Å². The molecule has 0 saturated heterocycles. The van der Waals surface area contributed by atoms with Gasteiger partial charge in [-0.2, -0.15) is 0 Å². The van der Waals surface area contributed by atoms with Crippen LogP contribution in [0.25, 0.3) is 0 Å². The molecule has 21 heavy (non-hydrogen) atoms. The predicted octanol–water partition coefficient (Wildman–Crippen LogP) is 3.84. The number of benzene rings is 2. The molecule has 0 heterocycles. The molecule has 1 atom stereocenters. The minimum Gasteiger partial charge on any atom is -0.496 e. The van der Waals surface area contributed by atoms with E-state index in [1.807, 2.05) is 63.4 Å². The number of nitrogens with zero attached hydrogens (tertiary/aromatic N) is 1. The molecule has 0 aliphatic rings.